The Morgan fingerprint density at radius 3 is 2.95 bits per heavy atom. The molecule has 0 spiro atoms. The van der Waals surface area contributed by atoms with Crippen molar-refractivity contribution in [3.8, 4) is 0 Å². The van der Waals surface area contributed by atoms with Gasteiger partial charge < -0.3 is 15.5 Å². The fourth-order valence-corrected chi connectivity index (χ4v) is 2.44. The van der Waals surface area contributed by atoms with Crippen LogP contribution in [0.15, 0.2) is 18.2 Å². The smallest absolute Gasteiger partial charge is 0.254 e. The fourth-order valence-electron chi connectivity index (χ4n) is 2.44. The molecule has 2 rings (SSSR count). The summed E-state index contributed by atoms with van der Waals surface area (Å²) in [5.41, 5.74) is 2.93. The van der Waals surface area contributed by atoms with E-state index >= 15 is 0 Å². The summed E-state index contributed by atoms with van der Waals surface area (Å²) in [6, 6.07) is 5.71. The molecule has 0 saturated heterocycles. The first-order chi connectivity index (χ1) is 10.1. The second kappa shape index (κ2) is 7.11. The molecule has 0 fully saturated rings. The van der Waals surface area contributed by atoms with Gasteiger partial charge in [0.15, 0.2) is 0 Å². The number of rotatable bonds is 5. The molecule has 1 aliphatic heterocycles. The maximum absolute atomic E-state index is 12.4. The lowest BCUT2D eigenvalue weighted by Crippen LogP contribution is -2.38. The van der Waals surface area contributed by atoms with Crippen molar-refractivity contribution < 1.29 is 9.59 Å². The van der Waals surface area contributed by atoms with E-state index in [1.807, 2.05) is 25.1 Å². The van der Waals surface area contributed by atoms with Crippen LogP contribution in [0.2, 0.25) is 0 Å². The second-order valence-corrected chi connectivity index (χ2v) is 5.41. The minimum Gasteiger partial charge on any atom is -0.385 e. The molecular weight excluding hydrogens is 266 g/mol. The largest absolute Gasteiger partial charge is 0.385 e. The van der Waals surface area contributed by atoms with Crippen LogP contribution in [0.1, 0.15) is 35.7 Å². The first kappa shape index (κ1) is 15.4. The van der Waals surface area contributed by atoms with Gasteiger partial charge in [0.25, 0.3) is 5.91 Å². The van der Waals surface area contributed by atoms with Crippen molar-refractivity contribution in [1.29, 1.82) is 0 Å². The van der Waals surface area contributed by atoms with Crippen molar-refractivity contribution in [3.63, 3.8) is 0 Å². The summed E-state index contributed by atoms with van der Waals surface area (Å²) < 4.78 is 0. The predicted octanol–water partition coefficient (Wildman–Crippen LogP) is 1.64. The van der Waals surface area contributed by atoms with Crippen LogP contribution in [0.3, 0.4) is 0 Å². The number of fused-ring (bicyclic) bond motifs is 1. The Bertz CT molecular complexity index is 528. The van der Waals surface area contributed by atoms with Crippen LogP contribution in [0.5, 0.6) is 0 Å². The molecule has 0 aromatic heterocycles. The SMILES string of the molecule is CCCNC(=O)CN(C)C(=O)c1ccc2c(c1)CCCN2. The lowest BCUT2D eigenvalue weighted by atomic mass is 10.0. The van der Waals surface area contributed by atoms with E-state index in [1.165, 1.54) is 10.5 Å². The summed E-state index contributed by atoms with van der Waals surface area (Å²) in [7, 11) is 1.66. The van der Waals surface area contributed by atoms with Gasteiger partial charge in [0.05, 0.1) is 6.54 Å². The third-order valence-electron chi connectivity index (χ3n) is 3.59. The van der Waals surface area contributed by atoms with E-state index in [-0.39, 0.29) is 18.4 Å². The van der Waals surface area contributed by atoms with Crippen LogP contribution in [0.25, 0.3) is 0 Å². The highest BCUT2D eigenvalue weighted by atomic mass is 16.2. The molecule has 5 heteroatoms. The van der Waals surface area contributed by atoms with E-state index in [4.69, 9.17) is 0 Å². The highest BCUT2D eigenvalue weighted by Crippen LogP contribution is 2.23. The van der Waals surface area contributed by atoms with E-state index in [1.54, 1.807) is 7.05 Å². The summed E-state index contributed by atoms with van der Waals surface area (Å²) in [5, 5.41) is 6.10. The molecule has 0 radical (unpaired) electrons. The van der Waals surface area contributed by atoms with E-state index < -0.39 is 0 Å². The number of aryl methyl sites for hydroxylation is 1. The summed E-state index contributed by atoms with van der Waals surface area (Å²) in [6.45, 7) is 3.72. The topological polar surface area (TPSA) is 61.4 Å². The van der Waals surface area contributed by atoms with Crippen molar-refractivity contribution in [2.45, 2.75) is 26.2 Å². The molecule has 1 heterocycles. The van der Waals surface area contributed by atoms with Crippen molar-refractivity contribution in [3.05, 3.63) is 29.3 Å². The molecular formula is C16H23N3O2. The Morgan fingerprint density at radius 2 is 2.19 bits per heavy atom. The number of hydrogen-bond acceptors (Lipinski definition) is 3. The zero-order valence-electron chi connectivity index (χ0n) is 12.7. The third kappa shape index (κ3) is 3.97. The summed E-state index contributed by atoms with van der Waals surface area (Å²) in [6.07, 6.45) is 2.96. The second-order valence-electron chi connectivity index (χ2n) is 5.41. The van der Waals surface area contributed by atoms with Gasteiger partial charge in [0.1, 0.15) is 0 Å². The van der Waals surface area contributed by atoms with Gasteiger partial charge >= 0.3 is 0 Å². The number of benzene rings is 1. The first-order valence-corrected chi connectivity index (χ1v) is 7.50. The Labute approximate surface area is 125 Å². The number of nitrogens with zero attached hydrogens (tertiary/aromatic N) is 1. The number of nitrogens with one attached hydrogen (secondary N) is 2. The zero-order valence-corrected chi connectivity index (χ0v) is 12.7. The maximum Gasteiger partial charge on any atom is 0.254 e. The Balaban J connectivity index is 2.00. The fraction of sp³-hybridized carbons (Fsp3) is 0.500. The highest BCUT2D eigenvalue weighted by molar-refractivity contribution is 5.97. The van der Waals surface area contributed by atoms with Gasteiger partial charge in [-0.25, -0.2) is 0 Å². The number of carbonyl (C=O) groups is 2. The van der Waals surface area contributed by atoms with Gasteiger partial charge in [-0.05, 0) is 43.0 Å². The molecule has 1 aromatic carbocycles. The molecule has 21 heavy (non-hydrogen) atoms. The molecule has 0 atom stereocenters. The van der Waals surface area contributed by atoms with Gasteiger partial charge in [0, 0.05) is 31.4 Å². The number of carbonyl (C=O) groups excluding carboxylic acids is 2. The minimum atomic E-state index is -0.118. The van der Waals surface area contributed by atoms with Crippen molar-refractivity contribution >= 4 is 17.5 Å². The zero-order chi connectivity index (χ0) is 15.2. The Kier molecular flexibility index (Phi) is 5.20. The monoisotopic (exact) mass is 289 g/mol. The summed E-state index contributed by atoms with van der Waals surface area (Å²) >= 11 is 0. The average Bonchev–Trinajstić information content (AvgIpc) is 2.51. The van der Waals surface area contributed by atoms with E-state index in [0.717, 1.165) is 31.5 Å². The molecule has 0 saturated carbocycles. The first-order valence-electron chi connectivity index (χ1n) is 7.50. The molecule has 0 aliphatic carbocycles. The molecule has 0 unspecified atom stereocenters. The maximum atomic E-state index is 12.4. The number of likely N-dealkylation sites (N-methyl/N-ethyl adjacent to an activating group) is 1. The van der Waals surface area contributed by atoms with Crippen molar-refractivity contribution in [2.24, 2.45) is 0 Å². The standard InChI is InChI=1S/C16H23N3O2/c1-3-8-18-15(20)11-19(2)16(21)13-6-7-14-12(10-13)5-4-9-17-14/h6-7,10,17H,3-5,8-9,11H2,1-2H3,(H,18,20). The van der Waals surface area contributed by atoms with Gasteiger partial charge in [0.2, 0.25) is 5.91 Å². The third-order valence-corrected chi connectivity index (χ3v) is 3.59. The minimum absolute atomic E-state index is 0.0914. The predicted molar refractivity (Wildman–Crippen MR) is 83.5 cm³/mol. The van der Waals surface area contributed by atoms with E-state index in [0.29, 0.717) is 12.1 Å². The molecule has 2 N–H and O–H groups in total. The quantitative estimate of drug-likeness (QED) is 0.866. The number of hydrogen-bond donors (Lipinski definition) is 2. The number of amides is 2. The van der Waals surface area contributed by atoms with Crippen LogP contribution in [0.4, 0.5) is 5.69 Å². The van der Waals surface area contributed by atoms with Gasteiger partial charge in [-0.15, -0.1) is 0 Å². The van der Waals surface area contributed by atoms with Crippen molar-refractivity contribution in [2.75, 3.05) is 32.0 Å². The molecule has 114 valence electrons. The van der Waals surface area contributed by atoms with Gasteiger partial charge in [-0.2, -0.15) is 0 Å². The lowest BCUT2D eigenvalue weighted by molar-refractivity contribution is -0.121. The summed E-state index contributed by atoms with van der Waals surface area (Å²) in [5.74, 6) is -0.234. The Hall–Kier alpha value is -2.04. The summed E-state index contributed by atoms with van der Waals surface area (Å²) in [4.78, 5) is 25.5. The number of anilines is 1. The highest BCUT2D eigenvalue weighted by Gasteiger charge is 2.17. The van der Waals surface area contributed by atoms with Gasteiger partial charge in [-0.1, -0.05) is 6.92 Å². The van der Waals surface area contributed by atoms with Crippen LogP contribution in [0, 0.1) is 0 Å². The Morgan fingerprint density at radius 1 is 1.38 bits per heavy atom. The molecule has 0 bridgehead atoms. The van der Waals surface area contributed by atoms with E-state index in [9.17, 15) is 9.59 Å². The van der Waals surface area contributed by atoms with Crippen LogP contribution in [-0.4, -0.2) is 43.4 Å². The van der Waals surface area contributed by atoms with Crippen LogP contribution in [-0.2, 0) is 11.2 Å². The van der Waals surface area contributed by atoms with Crippen molar-refractivity contribution in [1.82, 2.24) is 10.2 Å². The van der Waals surface area contributed by atoms with Gasteiger partial charge in [-0.3, -0.25) is 9.59 Å². The molecule has 2 amide bonds. The van der Waals surface area contributed by atoms with E-state index in [2.05, 4.69) is 10.6 Å². The molecule has 1 aliphatic rings. The lowest BCUT2D eigenvalue weighted by Gasteiger charge is -2.21. The molecule has 1 aromatic rings. The van der Waals surface area contributed by atoms with Crippen LogP contribution >= 0.6 is 0 Å². The van der Waals surface area contributed by atoms with Crippen LogP contribution < -0.4 is 10.6 Å². The normalized spacial score (nSPS) is 13.0. The average molecular weight is 289 g/mol. The molecule has 5 nitrogen and oxygen atoms in total.